The molecule has 2 aromatic rings. The van der Waals surface area contributed by atoms with Gasteiger partial charge in [-0.2, -0.15) is 0 Å². The van der Waals surface area contributed by atoms with Crippen LogP contribution in [0.25, 0.3) is 0 Å². The van der Waals surface area contributed by atoms with Crippen molar-refractivity contribution in [2.45, 2.75) is 6.54 Å². The molecule has 5 heteroatoms. The van der Waals surface area contributed by atoms with Gasteiger partial charge in [-0.25, -0.2) is 4.39 Å². The molecule has 0 aromatic heterocycles. The van der Waals surface area contributed by atoms with E-state index in [4.69, 9.17) is 11.6 Å². The van der Waals surface area contributed by atoms with E-state index in [9.17, 15) is 9.18 Å². The lowest BCUT2D eigenvalue weighted by Gasteiger charge is -2.11. The van der Waals surface area contributed by atoms with E-state index in [1.54, 1.807) is 6.07 Å². The van der Waals surface area contributed by atoms with Gasteiger partial charge in [0.05, 0.1) is 5.56 Å². The molecule has 0 atom stereocenters. The van der Waals surface area contributed by atoms with Crippen LogP contribution in [0.5, 0.6) is 0 Å². The molecule has 2 rings (SSSR count). The van der Waals surface area contributed by atoms with Crippen LogP contribution < -0.4 is 10.6 Å². The van der Waals surface area contributed by atoms with E-state index in [-0.39, 0.29) is 10.6 Å². The smallest absolute Gasteiger partial charge is 0.258 e. The lowest BCUT2D eigenvalue weighted by molar-refractivity contribution is 0.102. The number of benzene rings is 2. The van der Waals surface area contributed by atoms with Crippen molar-refractivity contribution in [1.29, 1.82) is 0 Å². The van der Waals surface area contributed by atoms with Gasteiger partial charge in [0.2, 0.25) is 0 Å². The van der Waals surface area contributed by atoms with E-state index < -0.39 is 11.7 Å². The van der Waals surface area contributed by atoms with Crippen molar-refractivity contribution in [2.24, 2.45) is 0 Å². The number of carbonyl (C=O) groups excluding carboxylic acids is 1. The van der Waals surface area contributed by atoms with Crippen LogP contribution >= 0.6 is 11.6 Å². The molecular weight excluding hydrogens is 279 g/mol. The first-order valence-electron chi connectivity index (χ1n) is 6.10. The van der Waals surface area contributed by atoms with E-state index in [2.05, 4.69) is 10.6 Å². The Morgan fingerprint density at radius 2 is 2.00 bits per heavy atom. The number of anilines is 1. The summed E-state index contributed by atoms with van der Waals surface area (Å²) >= 11 is 5.67. The number of hydrogen-bond acceptors (Lipinski definition) is 2. The number of nitrogens with one attached hydrogen (secondary N) is 2. The van der Waals surface area contributed by atoms with Crippen molar-refractivity contribution < 1.29 is 9.18 Å². The number of rotatable bonds is 4. The zero-order chi connectivity index (χ0) is 14.5. The summed E-state index contributed by atoms with van der Waals surface area (Å²) in [5.74, 6) is -1.14. The van der Waals surface area contributed by atoms with Gasteiger partial charge in [0.15, 0.2) is 0 Å². The summed E-state index contributed by atoms with van der Waals surface area (Å²) in [5, 5.41) is 5.98. The molecule has 104 valence electrons. The van der Waals surface area contributed by atoms with E-state index in [1.165, 1.54) is 12.1 Å². The first-order chi connectivity index (χ1) is 9.61. The standard InChI is InChI=1S/C15H14ClFN2O/c1-18-9-10-4-2-3-5-14(10)19-15(20)12-7-6-11(16)8-13(12)17/h2-8,18H,9H2,1H3,(H,19,20). The molecule has 0 aliphatic carbocycles. The molecular formula is C15H14ClFN2O. The highest BCUT2D eigenvalue weighted by Gasteiger charge is 2.13. The van der Waals surface area contributed by atoms with Gasteiger partial charge in [0.1, 0.15) is 5.82 Å². The molecule has 0 bridgehead atoms. The summed E-state index contributed by atoms with van der Waals surface area (Å²) in [4.78, 5) is 12.1. The maximum absolute atomic E-state index is 13.7. The topological polar surface area (TPSA) is 41.1 Å². The van der Waals surface area contributed by atoms with E-state index in [1.807, 2.05) is 25.2 Å². The summed E-state index contributed by atoms with van der Waals surface area (Å²) in [6.45, 7) is 0.611. The van der Waals surface area contributed by atoms with Gasteiger partial charge in [-0.15, -0.1) is 0 Å². The summed E-state index contributed by atoms with van der Waals surface area (Å²) in [6.07, 6.45) is 0. The summed E-state index contributed by atoms with van der Waals surface area (Å²) in [5.41, 5.74) is 1.55. The minimum Gasteiger partial charge on any atom is -0.322 e. The molecule has 0 spiro atoms. The van der Waals surface area contributed by atoms with Gasteiger partial charge in [-0.3, -0.25) is 4.79 Å². The largest absolute Gasteiger partial charge is 0.322 e. The number of amides is 1. The Bertz CT molecular complexity index is 631. The summed E-state index contributed by atoms with van der Waals surface area (Å²) in [6, 6.07) is 11.3. The van der Waals surface area contributed by atoms with Crippen LogP contribution in [-0.4, -0.2) is 13.0 Å². The molecule has 2 aromatic carbocycles. The number of halogens is 2. The number of carbonyl (C=O) groups is 1. The average molecular weight is 293 g/mol. The predicted octanol–water partition coefficient (Wildman–Crippen LogP) is 3.45. The Hall–Kier alpha value is -1.91. The van der Waals surface area contributed by atoms with Gasteiger partial charge in [0, 0.05) is 17.3 Å². The van der Waals surface area contributed by atoms with Crippen molar-refractivity contribution in [2.75, 3.05) is 12.4 Å². The Balaban J connectivity index is 2.23. The minimum atomic E-state index is -0.638. The molecule has 0 heterocycles. The maximum atomic E-state index is 13.7. The molecule has 0 fully saturated rings. The first-order valence-corrected chi connectivity index (χ1v) is 6.48. The lowest BCUT2D eigenvalue weighted by Crippen LogP contribution is -2.16. The average Bonchev–Trinajstić information content (AvgIpc) is 2.41. The maximum Gasteiger partial charge on any atom is 0.258 e. The van der Waals surface area contributed by atoms with Gasteiger partial charge in [-0.1, -0.05) is 29.8 Å². The molecule has 3 nitrogen and oxygen atoms in total. The molecule has 0 aliphatic rings. The quantitative estimate of drug-likeness (QED) is 0.906. The van der Waals surface area contributed by atoms with Gasteiger partial charge in [0.25, 0.3) is 5.91 Å². The second kappa shape index (κ2) is 6.50. The van der Waals surface area contributed by atoms with E-state index in [0.29, 0.717) is 12.2 Å². The Kier molecular flexibility index (Phi) is 4.71. The molecule has 0 unspecified atom stereocenters. The molecule has 0 saturated heterocycles. The van der Waals surface area contributed by atoms with Crippen molar-refractivity contribution >= 4 is 23.2 Å². The summed E-state index contributed by atoms with van der Waals surface area (Å²) < 4.78 is 13.7. The van der Waals surface area contributed by atoms with E-state index in [0.717, 1.165) is 11.6 Å². The van der Waals surface area contributed by atoms with Crippen molar-refractivity contribution in [1.82, 2.24) is 5.32 Å². The monoisotopic (exact) mass is 292 g/mol. The van der Waals surface area contributed by atoms with Gasteiger partial charge >= 0.3 is 0 Å². The van der Waals surface area contributed by atoms with Crippen molar-refractivity contribution in [3.05, 3.63) is 64.4 Å². The second-order valence-electron chi connectivity index (χ2n) is 4.27. The van der Waals surface area contributed by atoms with Crippen LogP contribution in [0.4, 0.5) is 10.1 Å². The molecule has 0 saturated carbocycles. The Morgan fingerprint density at radius 3 is 2.70 bits per heavy atom. The highest BCUT2D eigenvalue weighted by Crippen LogP contribution is 2.19. The molecule has 20 heavy (non-hydrogen) atoms. The minimum absolute atomic E-state index is 0.0336. The highest BCUT2D eigenvalue weighted by atomic mass is 35.5. The lowest BCUT2D eigenvalue weighted by atomic mass is 10.1. The van der Waals surface area contributed by atoms with Crippen molar-refractivity contribution in [3.63, 3.8) is 0 Å². The van der Waals surface area contributed by atoms with Crippen molar-refractivity contribution in [3.8, 4) is 0 Å². The number of hydrogen-bond donors (Lipinski definition) is 2. The van der Waals surface area contributed by atoms with Crippen LogP contribution in [0.3, 0.4) is 0 Å². The zero-order valence-electron chi connectivity index (χ0n) is 10.9. The normalized spacial score (nSPS) is 10.3. The predicted molar refractivity (Wildman–Crippen MR) is 78.6 cm³/mol. The number of para-hydroxylation sites is 1. The highest BCUT2D eigenvalue weighted by molar-refractivity contribution is 6.30. The SMILES string of the molecule is CNCc1ccccc1NC(=O)c1ccc(Cl)cc1F. The van der Waals surface area contributed by atoms with Crippen LogP contribution in [0.15, 0.2) is 42.5 Å². The summed E-state index contributed by atoms with van der Waals surface area (Å²) in [7, 11) is 1.82. The fourth-order valence-electron chi connectivity index (χ4n) is 1.85. The zero-order valence-corrected chi connectivity index (χ0v) is 11.7. The third-order valence-corrected chi connectivity index (χ3v) is 3.04. The van der Waals surface area contributed by atoms with Gasteiger partial charge < -0.3 is 10.6 Å². The fourth-order valence-corrected chi connectivity index (χ4v) is 2.01. The third-order valence-electron chi connectivity index (χ3n) is 2.81. The third kappa shape index (κ3) is 3.35. The first kappa shape index (κ1) is 14.5. The van der Waals surface area contributed by atoms with Crippen LogP contribution in [0.2, 0.25) is 5.02 Å². The van der Waals surface area contributed by atoms with Gasteiger partial charge in [-0.05, 0) is 36.9 Å². The fraction of sp³-hybridized carbons (Fsp3) is 0.133. The molecule has 0 aliphatic heterocycles. The molecule has 0 radical (unpaired) electrons. The van der Waals surface area contributed by atoms with Crippen LogP contribution in [-0.2, 0) is 6.54 Å². The molecule has 1 amide bonds. The van der Waals surface area contributed by atoms with Crippen LogP contribution in [0.1, 0.15) is 15.9 Å². The van der Waals surface area contributed by atoms with Crippen LogP contribution in [0, 0.1) is 5.82 Å². The molecule has 2 N–H and O–H groups in total. The Labute approximate surface area is 121 Å². The Morgan fingerprint density at radius 1 is 1.25 bits per heavy atom. The second-order valence-corrected chi connectivity index (χ2v) is 4.70. The van der Waals surface area contributed by atoms with E-state index >= 15 is 0 Å².